The molecule has 2 aromatic carbocycles. The molecule has 1 fully saturated rings. The Bertz CT molecular complexity index is 948. The number of para-hydroxylation sites is 1. The van der Waals surface area contributed by atoms with Crippen molar-refractivity contribution in [1.29, 1.82) is 0 Å². The number of nitro groups is 1. The molecule has 1 heterocycles. The van der Waals surface area contributed by atoms with Crippen LogP contribution in [0.5, 0.6) is 0 Å². The summed E-state index contributed by atoms with van der Waals surface area (Å²) in [6.07, 6.45) is 1.73. The topological polar surface area (TPSA) is 92.6 Å². The number of carbonyl (C=O) groups excluding carboxylic acids is 2. The van der Waals surface area contributed by atoms with E-state index in [1.165, 1.54) is 6.07 Å². The number of rotatable bonds is 6. The summed E-state index contributed by atoms with van der Waals surface area (Å²) >= 11 is 0. The standard InChI is InChI=1S/C22H25N3O4/c1-4-15-7-6-8-16(5-2)21(15)24-13-17(11-20(24)26)22(27)23-18-10-9-14(3)19(12-18)25(28)29/h6-10,12,17H,4-5,11,13H2,1-3H3,(H,23,27)/t17-/m0/s1. The highest BCUT2D eigenvalue weighted by Crippen LogP contribution is 2.33. The highest BCUT2D eigenvalue weighted by molar-refractivity contribution is 6.04. The van der Waals surface area contributed by atoms with E-state index in [2.05, 4.69) is 5.32 Å². The van der Waals surface area contributed by atoms with Gasteiger partial charge in [-0.25, -0.2) is 0 Å². The first-order chi connectivity index (χ1) is 13.8. The van der Waals surface area contributed by atoms with E-state index in [0.29, 0.717) is 17.8 Å². The smallest absolute Gasteiger partial charge is 0.274 e. The molecule has 0 saturated carbocycles. The maximum atomic E-state index is 12.8. The number of anilines is 2. The van der Waals surface area contributed by atoms with Crippen LogP contribution in [0.25, 0.3) is 0 Å². The molecule has 2 aromatic rings. The molecular weight excluding hydrogens is 370 g/mol. The van der Waals surface area contributed by atoms with Gasteiger partial charge in [0, 0.05) is 36.0 Å². The fraction of sp³-hybridized carbons (Fsp3) is 0.364. The van der Waals surface area contributed by atoms with Gasteiger partial charge in [0.05, 0.1) is 10.8 Å². The van der Waals surface area contributed by atoms with Gasteiger partial charge in [0.2, 0.25) is 11.8 Å². The van der Waals surface area contributed by atoms with Gasteiger partial charge in [-0.1, -0.05) is 38.1 Å². The maximum Gasteiger partial charge on any atom is 0.274 e. The van der Waals surface area contributed by atoms with Crippen molar-refractivity contribution in [1.82, 2.24) is 0 Å². The second-order valence-electron chi connectivity index (χ2n) is 7.28. The van der Waals surface area contributed by atoms with Crippen molar-refractivity contribution in [3.8, 4) is 0 Å². The minimum absolute atomic E-state index is 0.0450. The molecule has 7 nitrogen and oxygen atoms in total. The molecule has 1 aliphatic rings. The van der Waals surface area contributed by atoms with Crippen LogP contribution >= 0.6 is 0 Å². The zero-order valence-electron chi connectivity index (χ0n) is 16.9. The number of nitrogens with one attached hydrogen (secondary N) is 1. The average molecular weight is 395 g/mol. The van der Waals surface area contributed by atoms with E-state index in [0.717, 1.165) is 29.7 Å². The molecule has 1 aliphatic heterocycles. The summed E-state index contributed by atoms with van der Waals surface area (Å²) in [5.74, 6) is -0.876. The van der Waals surface area contributed by atoms with E-state index in [1.807, 2.05) is 32.0 Å². The Morgan fingerprint density at radius 2 is 1.86 bits per heavy atom. The molecule has 0 spiro atoms. The molecule has 0 aromatic heterocycles. The first kappa shape index (κ1) is 20.5. The van der Waals surface area contributed by atoms with Gasteiger partial charge in [-0.2, -0.15) is 0 Å². The second kappa shape index (κ2) is 8.43. The predicted molar refractivity (Wildman–Crippen MR) is 112 cm³/mol. The van der Waals surface area contributed by atoms with Gasteiger partial charge in [-0.05, 0) is 37.0 Å². The molecular formula is C22H25N3O4. The Hall–Kier alpha value is -3.22. The van der Waals surface area contributed by atoms with Gasteiger partial charge < -0.3 is 10.2 Å². The number of carbonyl (C=O) groups is 2. The van der Waals surface area contributed by atoms with Crippen LogP contribution in [0, 0.1) is 23.0 Å². The zero-order chi connectivity index (χ0) is 21.1. The Morgan fingerprint density at radius 1 is 1.21 bits per heavy atom. The van der Waals surface area contributed by atoms with E-state index < -0.39 is 10.8 Å². The fourth-order valence-corrected chi connectivity index (χ4v) is 3.79. The van der Waals surface area contributed by atoms with Gasteiger partial charge in [0.1, 0.15) is 0 Å². The number of amides is 2. The summed E-state index contributed by atoms with van der Waals surface area (Å²) < 4.78 is 0. The summed E-state index contributed by atoms with van der Waals surface area (Å²) in [5.41, 5.74) is 3.95. The van der Waals surface area contributed by atoms with Gasteiger partial charge in [0.15, 0.2) is 0 Å². The largest absolute Gasteiger partial charge is 0.326 e. The van der Waals surface area contributed by atoms with Crippen molar-refractivity contribution in [2.24, 2.45) is 5.92 Å². The van der Waals surface area contributed by atoms with Gasteiger partial charge in [-0.3, -0.25) is 19.7 Å². The van der Waals surface area contributed by atoms with Crippen LogP contribution < -0.4 is 10.2 Å². The van der Waals surface area contributed by atoms with Gasteiger partial charge in [0.25, 0.3) is 5.69 Å². The van der Waals surface area contributed by atoms with Crippen LogP contribution in [-0.4, -0.2) is 23.3 Å². The summed E-state index contributed by atoms with van der Waals surface area (Å²) in [4.78, 5) is 37.8. The Balaban J connectivity index is 1.80. The molecule has 1 N–H and O–H groups in total. The van der Waals surface area contributed by atoms with Crippen molar-refractivity contribution < 1.29 is 14.5 Å². The summed E-state index contributed by atoms with van der Waals surface area (Å²) in [6.45, 7) is 6.05. The number of hydrogen-bond donors (Lipinski definition) is 1. The van der Waals surface area contributed by atoms with E-state index in [9.17, 15) is 19.7 Å². The minimum atomic E-state index is -0.502. The minimum Gasteiger partial charge on any atom is -0.326 e. The van der Waals surface area contributed by atoms with Crippen molar-refractivity contribution in [2.45, 2.75) is 40.0 Å². The molecule has 1 atom stereocenters. The number of nitrogens with zero attached hydrogens (tertiary/aromatic N) is 2. The van der Waals surface area contributed by atoms with Crippen LogP contribution in [0.15, 0.2) is 36.4 Å². The summed E-state index contributed by atoms with van der Waals surface area (Å²) in [5, 5.41) is 13.9. The lowest BCUT2D eigenvalue weighted by Crippen LogP contribution is -2.29. The Morgan fingerprint density at radius 3 is 2.45 bits per heavy atom. The van der Waals surface area contributed by atoms with Crippen molar-refractivity contribution >= 4 is 28.9 Å². The van der Waals surface area contributed by atoms with Crippen molar-refractivity contribution in [3.05, 3.63) is 63.2 Å². The molecule has 152 valence electrons. The molecule has 1 saturated heterocycles. The van der Waals surface area contributed by atoms with E-state index in [4.69, 9.17) is 0 Å². The number of hydrogen-bond acceptors (Lipinski definition) is 4. The quantitative estimate of drug-likeness (QED) is 0.591. The van der Waals surface area contributed by atoms with Crippen LogP contribution in [0.4, 0.5) is 17.1 Å². The highest BCUT2D eigenvalue weighted by atomic mass is 16.6. The lowest BCUT2D eigenvalue weighted by Gasteiger charge is -2.23. The van der Waals surface area contributed by atoms with Gasteiger partial charge in [-0.15, -0.1) is 0 Å². The van der Waals surface area contributed by atoms with E-state index in [1.54, 1.807) is 24.0 Å². The summed E-state index contributed by atoms with van der Waals surface area (Å²) in [7, 11) is 0. The average Bonchev–Trinajstić information content (AvgIpc) is 3.09. The second-order valence-corrected chi connectivity index (χ2v) is 7.28. The van der Waals surface area contributed by atoms with Crippen molar-refractivity contribution in [3.63, 3.8) is 0 Å². The van der Waals surface area contributed by atoms with E-state index in [-0.39, 0.29) is 23.9 Å². The van der Waals surface area contributed by atoms with E-state index >= 15 is 0 Å². The Labute approximate surface area is 169 Å². The maximum absolute atomic E-state index is 12.8. The Kier molecular flexibility index (Phi) is 5.96. The van der Waals surface area contributed by atoms with Gasteiger partial charge >= 0.3 is 0 Å². The molecule has 0 radical (unpaired) electrons. The lowest BCUT2D eigenvalue weighted by molar-refractivity contribution is -0.385. The van der Waals surface area contributed by atoms with Crippen LogP contribution in [0.1, 0.15) is 37.0 Å². The van der Waals surface area contributed by atoms with Crippen molar-refractivity contribution in [2.75, 3.05) is 16.8 Å². The SMILES string of the molecule is CCc1cccc(CC)c1N1C[C@@H](C(=O)Nc2ccc(C)c([N+](=O)[O-])c2)CC1=O. The zero-order valence-corrected chi connectivity index (χ0v) is 16.9. The lowest BCUT2D eigenvalue weighted by atomic mass is 10.0. The van der Waals surface area contributed by atoms with Crippen LogP contribution in [-0.2, 0) is 22.4 Å². The molecule has 29 heavy (non-hydrogen) atoms. The highest BCUT2D eigenvalue weighted by Gasteiger charge is 2.36. The monoisotopic (exact) mass is 395 g/mol. The molecule has 7 heteroatoms. The molecule has 0 bridgehead atoms. The molecule has 0 unspecified atom stereocenters. The normalized spacial score (nSPS) is 16.2. The number of nitro benzene ring substituents is 1. The van der Waals surface area contributed by atoms with Crippen LogP contribution in [0.2, 0.25) is 0 Å². The third-order valence-electron chi connectivity index (χ3n) is 5.40. The third-order valence-corrected chi connectivity index (χ3v) is 5.40. The third kappa shape index (κ3) is 4.13. The first-order valence-electron chi connectivity index (χ1n) is 9.82. The molecule has 2 amide bonds. The summed E-state index contributed by atoms with van der Waals surface area (Å²) in [6, 6.07) is 10.6. The number of aryl methyl sites for hydroxylation is 3. The first-order valence-corrected chi connectivity index (χ1v) is 9.82. The predicted octanol–water partition coefficient (Wildman–Crippen LogP) is 4.02. The number of benzene rings is 2. The van der Waals surface area contributed by atoms with Crippen LogP contribution in [0.3, 0.4) is 0 Å². The molecule has 3 rings (SSSR count). The fourth-order valence-electron chi connectivity index (χ4n) is 3.79. The molecule has 0 aliphatic carbocycles.